The van der Waals surface area contributed by atoms with Gasteiger partial charge in [-0.2, -0.15) is 5.10 Å². The first-order valence-corrected chi connectivity index (χ1v) is 7.74. The lowest BCUT2D eigenvalue weighted by Gasteiger charge is -2.08. The Bertz CT molecular complexity index is 1010. The minimum Gasteiger partial charge on any atom is -0.496 e. The van der Waals surface area contributed by atoms with Gasteiger partial charge in [0.05, 0.1) is 18.2 Å². The Balaban J connectivity index is 1.85. The predicted molar refractivity (Wildman–Crippen MR) is 98.7 cm³/mol. The minimum absolute atomic E-state index is 0.154. The van der Waals surface area contributed by atoms with E-state index in [0.29, 0.717) is 5.75 Å². The first-order chi connectivity index (χ1) is 12.6. The Morgan fingerprint density at radius 3 is 2.73 bits per heavy atom. The number of fused-ring (bicyclic) bond motifs is 1. The Morgan fingerprint density at radius 1 is 1.15 bits per heavy atom. The number of hydrogen-bond donors (Lipinski definition) is 1. The smallest absolute Gasteiger partial charge is 0.271 e. The summed E-state index contributed by atoms with van der Waals surface area (Å²) in [6, 6.07) is 16.9. The van der Waals surface area contributed by atoms with Gasteiger partial charge in [-0.3, -0.25) is 14.9 Å². The monoisotopic (exact) mass is 349 g/mol. The fraction of sp³-hybridized carbons (Fsp3) is 0.0526. The van der Waals surface area contributed by atoms with Gasteiger partial charge in [0, 0.05) is 23.3 Å². The van der Waals surface area contributed by atoms with Crippen LogP contribution in [0.15, 0.2) is 65.8 Å². The average molecular weight is 349 g/mol. The summed E-state index contributed by atoms with van der Waals surface area (Å²) in [6.45, 7) is 0. The molecule has 0 radical (unpaired) electrons. The molecule has 0 aliphatic rings. The summed E-state index contributed by atoms with van der Waals surface area (Å²) < 4.78 is 5.36. The normalized spacial score (nSPS) is 10.8. The molecule has 7 heteroatoms. The van der Waals surface area contributed by atoms with Crippen molar-refractivity contribution in [3.05, 3.63) is 81.9 Å². The highest BCUT2D eigenvalue weighted by Crippen LogP contribution is 2.26. The van der Waals surface area contributed by atoms with E-state index >= 15 is 0 Å². The third-order valence-corrected chi connectivity index (χ3v) is 3.83. The summed E-state index contributed by atoms with van der Waals surface area (Å²) in [5, 5.41) is 16.7. The van der Waals surface area contributed by atoms with E-state index < -0.39 is 10.8 Å². The van der Waals surface area contributed by atoms with Crippen LogP contribution in [-0.4, -0.2) is 24.2 Å². The van der Waals surface area contributed by atoms with E-state index in [1.807, 2.05) is 36.4 Å². The highest BCUT2D eigenvalue weighted by molar-refractivity contribution is 6.03. The fourth-order valence-electron chi connectivity index (χ4n) is 2.57. The molecule has 26 heavy (non-hydrogen) atoms. The van der Waals surface area contributed by atoms with Crippen molar-refractivity contribution in [2.45, 2.75) is 0 Å². The Morgan fingerprint density at radius 2 is 1.96 bits per heavy atom. The second kappa shape index (κ2) is 7.43. The van der Waals surface area contributed by atoms with Crippen molar-refractivity contribution in [1.29, 1.82) is 0 Å². The van der Waals surface area contributed by atoms with Crippen LogP contribution in [0.1, 0.15) is 15.9 Å². The van der Waals surface area contributed by atoms with Crippen LogP contribution in [0, 0.1) is 10.1 Å². The van der Waals surface area contributed by atoms with Crippen molar-refractivity contribution in [2.75, 3.05) is 7.11 Å². The maximum atomic E-state index is 12.1. The molecule has 1 N–H and O–H groups in total. The zero-order valence-corrected chi connectivity index (χ0v) is 13.9. The summed E-state index contributed by atoms with van der Waals surface area (Å²) in [6.07, 6.45) is 1.50. The molecule has 0 spiro atoms. The summed E-state index contributed by atoms with van der Waals surface area (Å²) in [5.74, 6) is 0.0844. The van der Waals surface area contributed by atoms with Gasteiger partial charge in [-0.1, -0.05) is 36.4 Å². The number of nitrogens with one attached hydrogen (secondary N) is 1. The highest BCUT2D eigenvalue weighted by atomic mass is 16.6. The topological polar surface area (TPSA) is 93.8 Å². The Labute approximate surface area is 149 Å². The predicted octanol–water partition coefficient (Wildman–Crippen LogP) is 3.52. The first kappa shape index (κ1) is 17.1. The number of hydrogen-bond acceptors (Lipinski definition) is 5. The van der Waals surface area contributed by atoms with E-state index in [9.17, 15) is 14.9 Å². The molecule has 130 valence electrons. The van der Waals surface area contributed by atoms with Gasteiger partial charge in [-0.15, -0.1) is 0 Å². The molecule has 0 heterocycles. The van der Waals surface area contributed by atoms with Gasteiger partial charge in [0.2, 0.25) is 0 Å². The summed E-state index contributed by atoms with van der Waals surface area (Å²) >= 11 is 0. The average Bonchev–Trinajstić information content (AvgIpc) is 2.68. The number of hydrazone groups is 1. The lowest BCUT2D eigenvalue weighted by Crippen LogP contribution is -2.17. The Kier molecular flexibility index (Phi) is 4.89. The fourth-order valence-corrected chi connectivity index (χ4v) is 2.57. The van der Waals surface area contributed by atoms with Crippen molar-refractivity contribution in [1.82, 2.24) is 5.43 Å². The number of non-ortho nitro benzene ring substituents is 1. The SMILES string of the molecule is COc1ccc2ccccc2c1C=NNC(=O)c1cccc([N+](=O)[O-])c1. The number of nitro benzene ring substituents is 1. The molecule has 0 aromatic heterocycles. The standard InChI is InChI=1S/C19H15N3O4/c1-26-18-10-9-13-5-2-3-8-16(13)17(18)12-20-21-19(23)14-6-4-7-15(11-14)22(24)25/h2-12H,1H3,(H,21,23). The lowest BCUT2D eigenvalue weighted by molar-refractivity contribution is -0.384. The molecular formula is C19H15N3O4. The zero-order chi connectivity index (χ0) is 18.5. The minimum atomic E-state index is -0.555. The molecule has 0 fully saturated rings. The Hall–Kier alpha value is -3.74. The summed E-state index contributed by atoms with van der Waals surface area (Å²) in [4.78, 5) is 22.4. The molecular weight excluding hydrogens is 334 g/mol. The van der Waals surface area contributed by atoms with Gasteiger partial charge in [0.15, 0.2) is 0 Å². The van der Waals surface area contributed by atoms with Crippen molar-refractivity contribution >= 4 is 28.6 Å². The summed E-state index contributed by atoms with van der Waals surface area (Å²) in [7, 11) is 1.56. The van der Waals surface area contributed by atoms with E-state index in [1.165, 1.54) is 30.5 Å². The number of nitro groups is 1. The van der Waals surface area contributed by atoms with Gasteiger partial charge in [-0.05, 0) is 22.9 Å². The molecule has 3 rings (SSSR count). The van der Waals surface area contributed by atoms with Gasteiger partial charge in [0.1, 0.15) is 5.75 Å². The van der Waals surface area contributed by atoms with Gasteiger partial charge >= 0.3 is 0 Å². The van der Waals surface area contributed by atoms with Crippen LogP contribution >= 0.6 is 0 Å². The van der Waals surface area contributed by atoms with E-state index in [2.05, 4.69) is 10.5 Å². The van der Waals surface area contributed by atoms with Crippen LogP contribution in [0.4, 0.5) is 5.69 Å². The zero-order valence-electron chi connectivity index (χ0n) is 13.9. The van der Waals surface area contributed by atoms with Crippen molar-refractivity contribution in [3.63, 3.8) is 0 Å². The third kappa shape index (κ3) is 3.51. The molecule has 0 aliphatic heterocycles. The molecule has 1 amide bonds. The molecule has 0 saturated carbocycles. The molecule has 0 unspecified atom stereocenters. The molecule has 0 saturated heterocycles. The number of benzene rings is 3. The van der Waals surface area contributed by atoms with Crippen LogP contribution in [0.3, 0.4) is 0 Å². The molecule has 7 nitrogen and oxygen atoms in total. The maximum absolute atomic E-state index is 12.1. The molecule has 0 aliphatic carbocycles. The maximum Gasteiger partial charge on any atom is 0.271 e. The molecule has 0 atom stereocenters. The van der Waals surface area contributed by atoms with E-state index in [0.717, 1.165) is 16.3 Å². The van der Waals surface area contributed by atoms with Crippen molar-refractivity contribution in [2.24, 2.45) is 5.10 Å². The van der Waals surface area contributed by atoms with Gasteiger partial charge in [-0.25, -0.2) is 5.43 Å². The van der Waals surface area contributed by atoms with Crippen LogP contribution < -0.4 is 10.2 Å². The third-order valence-electron chi connectivity index (χ3n) is 3.83. The quantitative estimate of drug-likeness (QED) is 0.433. The van der Waals surface area contributed by atoms with Crippen LogP contribution in [-0.2, 0) is 0 Å². The number of amides is 1. The molecule has 0 bridgehead atoms. The number of rotatable bonds is 5. The first-order valence-electron chi connectivity index (χ1n) is 7.74. The summed E-state index contributed by atoms with van der Waals surface area (Å²) in [5.41, 5.74) is 3.11. The second-order valence-corrected chi connectivity index (χ2v) is 5.41. The van der Waals surface area contributed by atoms with Crippen molar-refractivity contribution in [3.8, 4) is 5.75 Å². The largest absolute Gasteiger partial charge is 0.496 e. The van der Waals surface area contributed by atoms with Crippen LogP contribution in [0.25, 0.3) is 10.8 Å². The number of carbonyl (C=O) groups excluding carboxylic acids is 1. The number of methoxy groups -OCH3 is 1. The number of nitrogens with zero attached hydrogens (tertiary/aromatic N) is 2. The van der Waals surface area contributed by atoms with Gasteiger partial charge < -0.3 is 4.74 Å². The molecule has 3 aromatic rings. The van der Waals surface area contributed by atoms with Crippen LogP contribution in [0.2, 0.25) is 0 Å². The van der Waals surface area contributed by atoms with Crippen molar-refractivity contribution < 1.29 is 14.5 Å². The van der Waals surface area contributed by atoms with Crippen LogP contribution in [0.5, 0.6) is 5.75 Å². The number of ether oxygens (including phenoxy) is 1. The number of carbonyl (C=O) groups is 1. The van der Waals surface area contributed by atoms with E-state index in [1.54, 1.807) is 7.11 Å². The molecule has 3 aromatic carbocycles. The second-order valence-electron chi connectivity index (χ2n) is 5.41. The van der Waals surface area contributed by atoms with E-state index in [-0.39, 0.29) is 11.3 Å². The highest BCUT2D eigenvalue weighted by Gasteiger charge is 2.11. The van der Waals surface area contributed by atoms with E-state index in [4.69, 9.17) is 4.74 Å². The van der Waals surface area contributed by atoms with Gasteiger partial charge in [0.25, 0.3) is 11.6 Å². The lowest BCUT2D eigenvalue weighted by atomic mass is 10.0.